The Kier molecular flexibility index (Phi) is 7.31. The Morgan fingerprint density at radius 1 is 0.974 bits per heavy atom. The molecule has 1 aromatic rings. The zero-order chi connectivity index (χ0) is 27.5. The molecule has 0 bridgehead atoms. The Hall–Kier alpha value is -1.61. The normalized spacial score (nSPS) is 38.2. The zero-order valence-corrected chi connectivity index (χ0v) is 26.2. The van der Waals surface area contributed by atoms with Gasteiger partial charge in [-0.15, -0.1) is 0 Å². The first-order valence-electron chi connectivity index (χ1n) is 16.2. The number of hydrogen-bond donors (Lipinski definition) is 2. The van der Waals surface area contributed by atoms with E-state index in [1.165, 1.54) is 80.2 Å². The second-order valence-electron chi connectivity index (χ2n) is 15.1. The van der Waals surface area contributed by atoms with Crippen LogP contribution < -0.4 is 10.6 Å². The third-order valence-electron chi connectivity index (χ3n) is 12.4. The van der Waals surface area contributed by atoms with E-state index in [2.05, 4.69) is 82.5 Å². The summed E-state index contributed by atoms with van der Waals surface area (Å²) in [5, 5.41) is 7.98. The smallest absolute Gasteiger partial charge is 0.171 e. The average molecular weight is 545 g/mol. The third kappa shape index (κ3) is 4.73. The van der Waals surface area contributed by atoms with Crippen LogP contribution in [0.15, 0.2) is 47.2 Å². The molecule has 0 saturated heterocycles. The van der Waals surface area contributed by atoms with Crippen LogP contribution in [0.25, 0.3) is 0 Å². The molecule has 2 nitrogen and oxygen atoms in total. The van der Waals surface area contributed by atoms with E-state index in [0.29, 0.717) is 5.41 Å². The molecular weight excluding hydrogens is 492 g/mol. The maximum atomic E-state index is 5.69. The first-order valence-corrected chi connectivity index (χ1v) is 16.6. The highest BCUT2D eigenvalue weighted by Crippen LogP contribution is 2.68. The van der Waals surface area contributed by atoms with E-state index in [1.807, 2.05) is 0 Å². The molecule has 3 saturated carbocycles. The van der Waals surface area contributed by atoms with Gasteiger partial charge in [-0.25, -0.2) is 0 Å². The highest BCUT2D eigenvalue weighted by atomic mass is 32.1. The van der Waals surface area contributed by atoms with E-state index in [-0.39, 0.29) is 11.5 Å². The first kappa shape index (κ1) is 27.6. The van der Waals surface area contributed by atoms with Gasteiger partial charge in [-0.1, -0.05) is 89.3 Å². The second-order valence-corrected chi connectivity index (χ2v) is 15.5. The monoisotopic (exact) mass is 544 g/mol. The number of aryl methyl sites for hydroxylation is 1. The molecule has 39 heavy (non-hydrogen) atoms. The molecule has 3 fully saturated rings. The molecule has 1 aromatic carbocycles. The molecule has 1 unspecified atom stereocenters. The minimum atomic E-state index is 0.181. The van der Waals surface area contributed by atoms with Crippen LogP contribution in [0.4, 0.5) is 0 Å². The fraction of sp³-hybridized carbons (Fsp3) is 0.694. The van der Waals surface area contributed by atoms with Crippen LogP contribution in [0.3, 0.4) is 0 Å². The lowest BCUT2D eigenvalue weighted by molar-refractivity contribution is -0.0560. The fourth-order valence-electron chi connectivity index (χ4n) is 10.4. The van der Waals surface area contributed by atoms with E-state index in [9.17, 15) is 0 Å². The number of fused-ring (bicyclic) bond motifs is 5. The fourth-order valence-corrected chi connectivity index (χ4v) is 10.6. The van der Waals surface area contributed by atoms with E-state index >= 15 is 0 Å². The summed E-state index contributed by atoms with van der Waals surface area (Å²) in [6.45, 7) is 14.9. The van der Waals surface area contributed by atoms with Crippen LogP contribution in [0.5, 0.6) is 0 Å². The Morgan fingerprint density at radius 3 is 2.49 bits per heavy atom. The molecule has 8 atom stereocenters. The predicted molar refractivity (Wildman–Crippen MR) is 168 cm³/mol. The van der Waals surface area contributed by atoms with Gasteiger partial charge in [0.25, 0.3) is 0 Å². The standard InChI is InChI=1S/C36H52N2S/c1-22(2)8-7-9-24(4)29-16-17-30-27-15-14-26-20-32-28(21-36(26,6)31(27)18-19-35(29,30)5)33(38-34(39)37-32)25-12-10-23(3)11-13-25/h10-13,20,22,24,27,29-31,33H,7-9,14-19,21H2,1-6H3,(H2,37,38,39)/t24-,27+,29-,30+,31+,33?,35-,36+/m1/s1. The lowest BCUT2D eigenvalue weighted by atomic mass is 9.46. The van der Waals surface area contributed by atoms with Crippen molar-refractivity contribution in [2.45, 2.75) is 112 Å². The first-order chi connectivity index (χ1) is 18.6. The van der Waals surface area contributed by atoms with Crippen molar-refractivity contribution in [2.75, 3.05) is 0 Å². The summed E-state index contributed by atoms with van der Waals surface area (Å²) in [4.78, 5) is 0. The molecule has 2 N–H and O–H groups in total. The molecule has 1 aliphatic heterocycles. The van der Waals surface area contributed by atoms with Gasteiger partial charge in [-0.05, 0) is 128 Å². The highest BCUT2D eigenvalue weighted by molar-refractivity contribution is 7.80. The summed E-state index contributed by atoms with van der Waals surface area (Å²) in [7, 11) is 0. The van der Waals surface area contributed by atoms with Gasteiger partial charge in [0.05, 0.1) is 6.04 Å². The largest absolute Gasteiger partial charge is 0.352 e. The molecule has 0 spiro atoms. The van der Waals surface area contributed by atoms with Crippen LogP contribution in [0.2, 0.25) is 0 Å². The molecule has 4 aliphatic carbocycles. The Balaban J connectivity index is 1.24. The van der Waals surface area contributed by atoms with E-state index in [0.717, 1.165) is 47.0 Å². The number of nitrogens with one attached hydrogen (secondary N) is 2. The van der Waals surface area contributed by atoms with Gasteiger partial charge in [0, 0.05) is 5.70 Å². The van der Waals surface area contributed by atoms with E-state index in [4.69, 9.17) is 12.2 Å². The molecule has 3 heteroatoms. The maximum Gasteiger partial charge on any atom is 0.171 e. The molecule has 0 amide bonds. The predicted octanol–water partition coefficient (Wildman–Crippen LogP) is 9.42. The van der Waals surface area contributed by atoms with Crippen molar-refractivity contribution in [3.63, 3.8) is 0 Å². The summed E-state index contributed by atoms with van der Waals surface area (Å²) in [5.74, 6) is 5.28. The highest BCUT2D eigenvalue weighted by Gasteiger charge is 2.59. The number of hydrogen-bond acceptors (Lipinski definition) is 1. The molecule has 1 heterocycles. The lowest BCUT2D eigenvalue weighted by Gasteiger charge is -2.59. The summed E-state index contributed by atoms with van der Waals surface area (Å²) < 4.78 is 0. The van der Waals surface area contributed by atoms with Crippen molar-refractivity contribution in [1.82, 2.24) is 10.6 Å². The number of allylic oxidation sites excluding steroid dienone is 2. The number of benzene rings is 1. The maximum absolute atomic E-state index is 5.69. The van der Waals surface area contributed by atoms with Crippen molar-refractivity contribution in [3.05, 3.63) is 58.3 Å². The quantitative estimate of drug-likeness (QED) is 0.349. The Labute approximate surface area is 243 Å². The Bertz CT molecular complexity index is 1160. The van der Waals surface area contributed by atoms with Gasteiger partial charge in [-0.3, -0.25) is 0 Å². The number of rotatable bonds is 6. The zero-order valence-electron chi connectivity index (χ0n) is 25.4. The van der Waals surface area contributed by atoms with Gasteiger partial charge in [0.2, 0.25) is 0 Å². The lowest BCUT2D eigenvalue weighted by Crippen LogP contribution is -2.52. The van der Waals surface area contributed by atoms with Crippen molar-refractivity contribution >= 4 is 17.3 Å². The van der Waals surface area contributed by atoms with Gasteiger partial charge in [-0.2, -0.15) is 0 Å². The summed E-state index contributed by atoms with van der Waals surface area (Å²) >= 11 is 5.69. The summed E-state index contributed by atoms with van der Waals surface area (Å²) in [6, 6.07) is 9.26. The third-order valence-corrected chi connectivity index (χ3v) is 12.7. The summed E-state index contributed by atoms with van der Waals surface area (Å²) in [5.41, 5.74) is 7.98. The van der Waals surface area contributed by atoms with Crippen LogP contribution in [-0.2, 0) is 0 Å². The second kappa shape index (κ2) is 10.3. The molecule has 6 rings (SSSR count). The van der Waals surface area contributed by atoms with Crippen LogP contribution in [0, 0.1) is 53.3 Å². The number of thiocarbonyl (C=S) groups is 1. The Morgan fingerprint density at radius 2 is 1.74 bits per heavy atom. The van der Waals surface area contributed by atoms with Crippen LogP contribution in [-0.4, -0.2) is 5.11 Å². The molecule has 0 radical (unpaired) electrons. The minimum Gasteiger partial charge on any atom is -0.352 e. The van der Waals surface area contributed by atoms with Crippen LogP contribution in [0.1, 0.15) is 116 Å². The van der Waals surface area contributed by atoms with Gasteiger partial charge >= 0.3 is 0 Å². The van der Waals surface area contributed by atoms with Gasteiger partial charge in [0.15, 0.2) is 5.11 Å². The van der Waals surface area contributed by atoms with Crippen molar-refractivity contribution in [2.24, 2.45) is 46.3 Å². The molecule has 212 valence electrons. The van der Waals surface area contributed by atoms with Gasteiger partial charge < -0.3 is 10.6 Å². The van der Waals surface area contributed by atoms with Crippen molar-refractivity contribution < 1.29 is 0 Å². The molecular formula is C36H52N2S. The molecule has 0 aromatic heterocycles. The van der Waals surface area contributed by atoms with Crippen molar-refractivity contribution in [3.8, 4) is 0 Å². The minimum absolute atomic E-state index is 0.181. The molecule has 5 aliphatic rings. The van der Waals surface area contributed by atoms with Crippen LogP contribution >= 0.6 is 12.2 Å². The van der Waals surface area contributed by atoms with E-state index < -0.39 is 0 Å². The average Bonchev–Trinajstić information content (AvgIpc) is 3.25. The topological polar surface area (TPSA) is 24.1 Å². The SMILES string of the molecule is Cc1ccc(C2NC(=S)NC3=C2C[C@@]2(C)C(=C3)CC[C@H]3[C@@H]4CC[C@H]([C@H](C)CCCC(C)C)[C@@]4(C)CC[C@@H]32)cc1. The van der Waals surface area contributed by atoms with Gasteiger partial charge in [0.1, 0.15) is 0 Å². The summed E-state index contributed by atoms with van der Waals surface area (Å²) in [6.07, 6.45) is 16.4. The van der Waals surface area contributed by atoms with Crippen molar-refractivity contribution in [1.29, 1.82) is 0 Å². The van der Waals surface area contributed by atoms with E-state index in [1.54, 1.807) is 5.57 Å².